The van der Waals surface area contributed by atoms with Crippen LogP contribution in [0.5, 0.6) is 5.75 Å². The number of hydrogen-bond donors (Lipinski definition) is 1. The molecule has 0 radical (unpaired) electrons. The standard InChI is InChI=1S/C9H7BrN2O2/c1-5-11-12-9(14-5)6-2-7(10)4-8(13)3-6/h2-4,13H,1H3. The third kappa shape index (κ3) is 1.77. The Bertz CT molecular complexity index is 447. The number of aromatic nitrogens is 2. The summed E-state index contributed by atoms with van der Waals surface area (Å²) >= 11 is 3.27. The van der Waals surface area contributed by atoms with Crippen LogP contribution in [0, 0.1) is 6.92 Å². The van der Waals surface area contributed by atoms with Crippen molar-refractivity contribution in [2.45, 2.75) is 6.92 Å². The van der Waals surface area contributed by atoms with Crippen LogP contribution in [0.25, 0.3) is 11.5 Å². The predicted octanol–water partition coefficient (Wildman–Crippen LogP) is 2.51. The van der Waals surface area contributed by atoms with Crippen molar-refractivity contribution in [3.8, 4) is 17.2 Å². The highest BCUT2D eigenvalue weighted by Crippen LogP contribution is 2.26. The molecule has 0 atom stereocenters. The maximum Gasteiger partial charge on any atom is 0.247 e. The van der Waals surface area contributed by atoms with E-state index in [1.807, 2.05) is 0 Å². The van der Waals surface area contributed by atoms with E-state index in [-0.39, 0.29) is 5.75 Å². The molecule has 1 heterocycles. The normalized spacial score (nSPS) is 10.4. The molecule has 5 heteroatoms. The van der Waals surface area contributed by atoms with Gasteiger partial charge in [0.25, 0.3) is 0 Å². The van der Waals surface area contributed by atoms with Gasteiger partial charge in [-0.05, 0) is 18.2 Å². The van der Waals surface area contributed by atoms with Crippen LogP contribution < -0.4 is 0 Å². The highest BCUT2D eigenvalue weighted by molar-refractivity contribution is 9.10. The van der Waals surface area contributed by atoms with Gasteiger partial charge in [-0.1, -0.05) is 15.9 Å². The second-order valence-electron chi connectivity index (χ2n) is 2.82. The van der Waals surface area contributed by atoms with Crippen molar-refractivity contribution >= 4 is 15.9 Å². The molecular formula is C9H7BrN2O2. The molecule has 2 rings (SSSR count). The van der Waals surface area contributed by atoms with Crippen LogP contribution in [-0.2, 0) is 0 Å². The summed E-state index contributed by atoms with van der Waals surface area (Å²) in [6.45, 7) is 1.72. The number of hydrogen-bond acceptors (Lipinski definition) is 4. The Morgan fingerprint density at radius 1 is 1.29 bits per heavy atom. The first-order chi connectivity index (χ1) is 6.65. The molecule has 72 valence electrons. The average molecular weight is 255 g/mol. The topological polar surface area (TPSA) is 59.2 Å². The fraction of sp³-hybridized carbons (Fsp3) is 0.111. The molecule has 0 fully saturated rings. The SMILES string of the molecule is Cc1nnc(-c2cc(O)cc(Br)c2)o1. The van der Waals surface area contributed by atoms with E-state index >= 15 is 0 Å². The number of aryl methyl sites for hydroxylation is 1. The van der Waals surface area contributed by atoms with Gasteiger partial charge in [0.2, 0.25) is 11.8 Å². The highest BCUT2D eigenvalue weighted by atomic mass is 79.9. The first-order valence-corrected chi connectivity index (χ1v) is 4.74. The van der Waals surface area contributed by atoms with Gasteiger partial charge >= 0.3 is 0 Å². The first kappa shape index (κ1) is 9.21. The fourth-order valence-electron chi connectivity index (χ4n) is 1.11. The Balaban J connectivity index is 2.51. The molecule has 4 nitrogen and oxygen atoms in total. The zero-order valence-electron chi connectivity index (χ0n) is 7.36. The summed E-state index contributed by atoms with van der Waals surface area (Å²) in [5, 5.41) is 16.9. The molecule has 1 N–H and O–H groups in total. The summed E-state index contributed by atoms with van der Waals surface area (Å²) in [7, 11) is 0. The first-order valence-electron chi connectivity index (χ1n) is 3.95. The van der Waals surface area contributed by atoms with Gasteiger partial charge in [-0.2, -0.15) is 0 Å². The van der Waals surface area contributed by atoms with Crippen LogP contribution in [0.1, 0.15) is 5.89 Å². The van der Waals surface area contributed by atoms with Crippen molar-refractivity contribution in [3.63, 3.8) is 0 Å². The highest BCUT2D eigenvalue weighted by Gasteiger charge is 2.07. The lowest BCUT2D eigenvalue weighted by Gasteiger charge is -1.97. The fourth-order valence-corrected chi connectivity index (χ4v) is 1.59. The Morgan fingerprint density at radius 3 is 2.64 bits per heavy atom. The van der Waals surface area contributed by atoms with Gasteiger partial charge < -0.3 is 9.52 Å². The van der Waals surface area contributed by atoms with E-state index < -0.39 is 0 Å². The zero-order chi connectivity index (χ0) is 10.1. The summed E-state index contributed by atoms with van der Waals surface area (Å²) in [5.74, 6) is 1.06. The molecule has 0 aliphatic heterocycles. The van der Waals surface area contributed by atoms with Gasteiger partial charge in [-0.3, -0.25) is 0 Å². The second kappa shape index (κ2) is 3.42. The molecule has 0 bridgehead atoms. The van der Waals surface area contributed by atoms with Gasteiger partial charge in [0, 0.05) is 17.0 Å². The molecule has 0 aliphatic rings. The number of benzene rings is 1. The van der Waals surface area contributed by atoms with Crippen LogP contribution in [0.2, 0.25) is 0 Å². The van der Waals surface area contributed by atoms with Gasteiger partial charge in [0.1, 0.15) is 5.75 Å². The molecule has 2 aromatic rings. The number of rotatable bonds is 1. The summed E-state index contributed by atoms with van der Waals surface area (Å²) in [4.78, 5) is 0. The van der Waals surface area contributed by atoms with Crippen LogP contribution in [0.3, 0.4) is 0 Å². The van der Waals surface area contributed by atoms with Crippen molar-refractivity contribution < 1.29 is 9.52 Å². The summed E-state index contributed by atoms with van der Waals surface area (Å²) in [6.07, 6.45) is 0. The van der Waals surface area contributed by atoms with Gasteiger partial charge in [-0.25, -0.2) is 0 Å². The van der Waals surface area contributed by atoms with E-state index in [1.54, 1.807) is 25.1 Å². The van der Waals surface area contributed by atoms with E-state index in [4.69, 9.17) is 4.42 Å². The van der Waals surface area contributed by atoms with Gasteiger partial charge in [0.05, 0.1) is 0 Å². The minimum atomic E-state index is 0.158. The quantitative estimate of drug-likeness (QED) is 0.850. The number of nitrogens with zero attached hydrogens (tertiary/aromatic N) is 2. The van der Waals surface area contributed by atoms with E-state index in [0.717, 1.165) is 4.47 Å². The monoisotopic (exact) mass is 254 g/mol. The van der Waals surface area contributed by atoms with Gasteiger partial charge in [0.15, 0.2) is 0 Å². The summed E-state index contributed by atoms with van der Waals surface area (Å²) < 4.78 is 5.99. The molecule has 1 aromatic carbocycles. The van der Waals surface area contributed by atoms with E-state index in [2.05, 4.69) is 26.1 Å². The van der Waals surface area contributed by atoms with E-state index in [9.17, 15) is 5.11 Å². The molecule has 0 saturated carbocycles. The minimum absolute atomic E-state index is 0.158. The Hall–Kier alpha value is -1.36. The Morgan fingerprint density at radius 2 is 2.07 bits per heavy atom. The molecule has 0 saturated heterocycles. The zero-order valence-corrected chi connectivity index (χ0v) is 8.95. The smallest absolute Gasteiger partial charge is 0.247 e. The number of phenols is 1. The Kier molecular flexibility index (Phi) is 2.25. The lowest BCUT2D eigenvalue weighted by Crippen LogP contribution is -1.78. The Labute approximate surface area is 88.7 Å². The van der Waals surface area contributed by atoms with Crippen molar-refractivity contribution in [3.05, 3.63) is 28.6 Å². The van der Waals surface area contributed by atoms with Crippen LogP contribution in [-0.4, -0.2) is 15.3 Å². The summed E-state index contributed by atoms with van der Waals surface area (Å²) in [5.41, 5.74) is 0.692. The minimum Gasteiger partial charge on any atom is -0.508 e. The largest absolute Gasteiger partial charge is 0.508 e. The molecule has 14 heavy (non-hydrogen) atoms. The lowest BCUT2D eigenvalue weighted by molar-refractivity contribution is 0.474. The third-order valence-electron chi connectivity index (χ3n) is 1.66. The molecule has 0 amide bonds. The van der Waals surface area contributed by atoms with E-state index in [1.165, 1.54) is 0 Å². The van der Waals surface area contributed by atoms with Crippen LogP contribution >= 0.6 is 15.9 Å². The average Bonchev–Trinajstić information content (AvgIpc) is 2.50. The molecule has 1 aromatic heterocycles. The van der Waals surface area contributed by atoms with E-state index in [0.29, 0.717) is 17.3 Å². The van der Waals surface area contributed by atoms with Crippen molar-refractivity contribution in [1.82, 2.24) is 10.2 Å². The molecule has 0 aliphatic carbocycles. The van der Waals surface area contributed by atoms with Crippen molar-refractivity contribution in [2.24, 2.45) is 0 Å². The number of halogens is 1. The van der Waals surface area contributed by atoms with Crippen molar-refractivity contribution in [2.75, 3.05) is 0 Å². The summed E-state index contributed by atoms with van der Waals surface area (Å²) in [6, 6.07) is 4.96. The maximum atomic E-state index is 9.34. The number of aromatic hydroxyl groups is 1. The third-order valence-corrected chi connectivity index (χ3v) is 2.11. The van der Waals surface area contributed by atoms with Gasteiger partial charge in [-0.15, -0.1) is 10.2 Å². The van der Waals surface area contributed by atoms with Crippen molar-refractivity contribution in [1.29, 1.82) is 0 Å². The van der Waals surface area contributed by atoms with Crippen LogP contribution in [0.15, 0.2) is 27.1 Å². The van der Waals surface area contributed by atoms with Crippen LogP contribution in [0.4, 0.5) is 0 Å². The number of phenolic OH excluding ortho intramolecular Hbond substituents is 1. The molecule has 0 spiro atoms. The lowest BCUT2D eigenvalue weighted by atomic mass is 10.2. The predicted molar refractivity (Wildman–Crippen MR) is 53.8 cm³/mol. The second-order valence-corrected chi connectivity index (χ2v) is 3.74. The molecule has 0 unspecified atom stereocenters. The molecular weight excluding hydrogens is 248 g/mol. The maximum absolute atomic E-state index is 9.34.